The van der Waals surface area contributed by atoms with Crippen molar-refractivity contribution in [1.82, 2.24) is 0 Å². The summed E-state index contributed by atoms with van der Waals surface area (Å²) in [5.74, 6) is 0.217. The van der Waals surface area contributed by atoms with Crippen LogP contribution in [0.4, 0.5) is 13.2 Å². The first kappa shape index (κ1) is 11.4. The zero-order chi connectivity index (χ0) is 10.8. The van der Waals surface area contributed by atoms with Crippen LogP contribution in [0.2, 0.25) is 0 Å². The molecule has 0 radical (unpaired) electrons. The summed E-state index contributed by atoms with van der Waals surface area (Å²) in [5, 5.41) is 0. The first-order valence-corrected chi connectivity index (χ1v) is 4.63. The third-order valence-electron chi connectivity index (χ3n) is 1.42. The highest BCUT2D eigenvalue weighted by atomic mass is 79.9. The van der Waals surface area contributed by atoms with Gasteiger partial charge in [0.15, 0.2) is 6.61 Å². The maximum atomic E-state index is 11.8. The van der Waals surface area contributed by atoms with Gasteiger partial charge in [0.1, 0.15) is 5.75 Å². The van der Waals surface area contributed by atoms with Gasteiger partial charge in [0, 0.05) is 4.47 Å². The van der Waals surface area contributed by atoms with E-state index < -0.39 is 12.8 Å². The zero-order valence-corrected chi connectivity index (χ0v) is 8.95. The molecule has 0 aliphatic carbocycles. The molecule has 0 unspecified atom stereocenters. The number of alkyl halides is 3. The second kappa shape index (κ2) is 4.21. The third kappa shape index (κ3) is 4.00. The van der Waals surface area contributed by atoms with E-state index in [2.05, 4.69) is 20.7 Å². The first-order valence-electron chi connectivity index (χ1n) is 3.83. The summed E-state index contributed by atoms with van der Waals surface area (Å²) in [7, 11) is 0. The lowest BCUT2D eigenvalue weighted by molar-refractivity contribution is -0.153. The lowest BCUT2D eigenvalue weighted by atomic mass is 10.2. The molecule has 0 aromatic heterocycles. The molecular weight excluding hydrogens is 261 g/mol. The fourth-order valence-electron chi connectivity index (χ4n) is 0.951. The molecule has 14 heavy (non-hydrogen) atoms. The molecule has 0 bridgehead atoms. The summed E-state index contributed by atoms with van der Waals surface area (Å²) < 4.78 is 40.7. The second-order valence-corrected chi connectivity index (χ2v) is 3.78. The van der Waals surface area contributed by atoms with Gasteiger partial charge in [-0.2, -0.15) is 13.2 Å². The molecule has 1 aromatic carbocycles. The maximum absolute atomic E-state index is 11.8. The Morgan fingerprint density at radius 3 is 2.43 bits per heavy atom. The molecular formula is C9H8BrF3O. The average molecular weight is 269 g/mol. The zero-order valence-electron chi connectivity index (χ0n) is 7.36. The van der Waals surface area contributed by atoms with E-state index in [4.69, 9.17) is 0 Å². The molecule has 0 atom stereocenters. The normalized spacial score (nSPS) is 11.5. The van der Waals surface area contributed by atoms with Crippen LogP contribution in [0.1, 0.15) is 5.56 Å². The molecule has 1 aromatic rings. The van der Waals surface area contributed by atoms with E-state index >= 15 is 0 Å². The molecule has 0 spiro atoms. The highest BCUT2D eigenvalue weighted by Crippen LogP contribution is 2.23. The van der Waals surface area contributed by atoms with Crippen LogP contribution in [0.15, 0.2) is 22.7 Å². The minimum absolute atomic E-state index is 0.217. The maximum Gasteiger partial charge on any atom is 0.422 e. The fraction of sp³-hybridized carbons (Fsp3) is 0.333. The Hall–Kier alpha value is -0.710. The topological polar surface area (TPSA) is 9.23 Å². The molecule has 0 fully saturated rings. The Labute approximate surface area is 88.0 Å². The minimum Gasteiger partial charge on any atom is -0.484 e. The molecule has 0 saturated carbocycles. The largest absolute Gasteiger partial charge is 0.484 e. The number of benzene rings is 1. The van der Waals surface area contributed by atoms with E-state index in [0.29, 0.717) is 4.47 Å². The van der Waals surface area contributed by atoms with Crippen LogP contribution in [-0.2, 0) is 0 Å². The molecule has 0 aliphatic rings. The van der Waals surface area contributed by atoms with Gasteiger partial charge in [-0.3, -0.25) is 0 Å². The van der Waals surface area contributed by atoms with Crippen LogP contribution in [0, 0.1) is 6.92 Å². The van der Waals surface area contributed by atoms with Crippen LogP contribution in [0.3, 0.4) is 0 Å². The van der Waals surface area contributed by atoms with Crippen molar-refractivity contribution in [3.63, 3.8) is 0 Å². The quantitative estimate of drug-likeness (QED) is 0.795. The van der Waals surface area contributed by atoms with Crippen LogP contribution in [-0.4, -0.2) is 12.8 Å². The van der Waals surface area contributed by atoms with E-state index in [-0.39, 0.29) is 5.75 Å². The van der Waals surface area contributed by atoms with E-state index in [0.717, 1.165) is 5.56 Å². The SMILES string of the molecule is Cc1cc(Br)cc(OCC(F)(F)F)c1. The number of ether oxygens (including phenoxy) is 1. The van der Waals surface area contributed by atoms with E-state index in [1.165, 1.54) is 6.07 Å². The van der Waals surface area contributed by atoms with Gasteiger partial charge in [0.25, 0.3) is 0 Å². The highest BCUT2D eigenvalue weighted by molar-refractivity contribution is 9.10. The summed E-state index contributed by atoms with van der Waals surface area (Å²) >= 11 is 3.17. The van der Waals surface area contributed by atoms with Crippen LogP contribution < -0.4 is 4.74 Å². The predicted molar refractivity (Wildman–Crippen MR) is 50.4 cm³/mol. The number of hydrogen-bond donors (Lipinski definition) is 0. The number of aryl methyl sites for hydroxylation is 1. The number of hydrogen-bond acceptors (Lipinski definition) is 1. The summed E-state index contributed by atoms with van der Waals surface area (Å²) in [6.07, 6.45) is -4.30. The van der Waals surface area contributed by atoms with Gasteiger partial charge < -0.3 is 4.74 Å². The van der Waals surface area contributed by atoms with E-state index in [9.17, 15) is 13.2 Å². The lowest BCUT2D eigenvalue weighted by Gasteiger charge is -2.09. The number of halogens is 4. The van der Waals surface area contributed by atoms with Gasteiger partial charge in [-0.25, -0.2) is 0 Å². The van der Waals surface area contributed by atoms with Gasteiger partial charge in [-0.15, -0.1) is 0 Å². The molecule has 0 heterocycles. The van der Waals surface area contributed by atoms with Gasteiger partial charge in [0.2, 0.25) is 0 Å². The summed E-state index contributed by atoms with van der Waals surface area (Å²) in [6.45, 7) is 0.522. The Balaban J connectivity index is 2.68. The summed E-state index contributed by atoms with van der Waals surface area (Å²) in [4.78, 5) is 0. The molecule has 1 nitrogen and oxygen atoms in total. The lowest BCUT2D eigenvalue weighted by Crippen LogP contribution is -2.19. The van der Waals surface area contributed by atoms with Crippen molar-refractivity contribution in [2.75, 3.05) is 6.61 Å². The number of rotatable bonds is 2. The molecule has 1 rings (SSSR count). The van der Waals surface area contributed by atoms with Gasteiger partial charge in [0.05, 0.1) is 0 Å². The van der Waals surface area contributed by atoms with Gasteiger partial charge in [-0.05, 0) is 30.7 Å². The van der Waals surface area contributed by atoms with Crippen molar-refractivity contribution in [3.8, 4) is 5.75 Å². The Kier molecular flexibility index (Phi) is 3.42. The highest BCUT2D eigenvalue weighted by Gasteiger charge is 2.28. The Bertz CT molecular complexity index is 302. The molecule has 5 heteroatoms. The second-order valence-electron chi connectivity index (χ2n) is 2.87. The van der Waals surface area contributed by atoms with Crippen molar-refractivity contribution >= 4 is 15.9 Å². The van der Waals surface area contributed by atoms with Crippen molar-refractivity contribution < 1.29 is 17.9 Å². The molecule has 0 N–H and O–H groups in total. The molecule has 78 valence electrons. The minimum atomic E-state index is -4.30. The summed E-state index contributed by atoms with van der Waals surface area (Å²) in [5.41, 5.74) is 0.844. The van der Waals surface area contributed by atoms with Crippen molar-refractivity contribution in [2.24, 2.45) is 0 Å². The fourth-order valence-corrected chi connectivity index (χ4v) is 1.54. The van der Waals surface area contributed by atoms with Crippen molar-refractivity contribution in [3.05, 3.63) is 28.2 Å². The van der Waals surface area contributed by atoms with Crippen molar-refractivity contribution in [1.29, 1.82) is 0 Å². The van der Waals surface area contributed by atoms with Crippen LogP contribution in [0.25, 0.3) is 0 Å². The predicted octanol–water partition coefficient (Wildman–Crippen LogP) is 3.70. The van der Waals surface area contributed by atoms with Crippen LogP contribution in [0.5, 0.6) is 5.75 Å². The van der Waals surface area contributed by atoms with E-state index in [1.54, 1.807) is 19.1 Å². The Morgan fingerprint density at radius 2 is 1.93 bits per heavy atom. The van der Waals surface area contributed by atoms with Gasteiger partial charge in [-0.1, -0.05) is 15.9 Å². The molecule has 0 saturated heterocycles. The van der Waals surface area contributed by atoms with E-state index in [1.807, 2.05) is 0 Å². The van der Waals surface area contributed by atoms with Crippen LogP contribution >= 0.6 is 15.9 Å². The smallest absolute Gasteiger partial charge is 0.422 e. The third-order valence-corrected chi connectivity index (χ3v) is 1.88. The summed E-state index contributed by atoms with van der Waals surface area (Å²) in [6, 6.07) is 4.84. The monoisotopic (exact) mass is 268 g/mol. The standard InChI is InChI=1S/C9H8BrF3O/c1-6-2-7(10)4-8(3-6)14-5-9(11,12)13/h2-4H,5H2,1H3. The first-order chi connectivity index (χ1) is 6.37. The average Bonchev–Trinajstić information content (AvgIpc) is 1.97. The van der Waals surface area contributed by atoms with Gasteiger partial charge >= 0.3 is 6.18 Å². The molecule has 0 amide bonds. The Morgan fingerprint density at radius 1 is 1.29 bits per heavy atom. The molecule has 0 aliphatic heterocycles. The van der Waals surface area contributed by atoms with Crippen molar-refractivity contribution in [2.45, 2.75) is 13.1 Å².